The Morgan fingerprint density at radius 2 is 1.80 bits per heavy atom. The van der Waals surface area contributed by atoms with Crippen LogP contribution < -0.4 is 0 Å². The Kier molecular flexibility index (Phi) is 3.14. The standard InChI is InChI=1S/C12H10BrNO/c13-11-5-3-9(4-6-11)12(15)10-2-1-7-14-8-10/h1-8,12,15H/t12-/m1/s1. The van der Waals surface area contributed by atoms with Gasteiger partial charge >= 0.3 is 0 Å². The molecule has 3 heteroatoms. The number of pyridine rings is 1. The summed E-state index contributed by atoms with van der Waals surface area (Å²) in [5.74, 6) is 0. The smallest absolute Gasteiger partial charge is 0.106 e. The zero-order valence-electron chi connectivity index (χ0n) is 7.97. The van der Waals surface area contributed by atoms with Crippen molar-refractivity contribution < 1.29 is 5.11 Å². The van der Waals surface area contributed by atoms with Gasteiger partial charge in [-0.15, -0.1) is 0 Å². The number of aliphatic hydroxyl groups excluding tert-OH is 1. The molecule has 0 saturated carbocycles. The van der Waals surface area contributed by atoms with Gasteiger partial charge in [0.25, 0.3) is 0 Å². The molecule has 0 aliphatic carbocycles. The fourth-order valence-electron chi connectivity index (χ4n) is 1.38. The van der Waals surface area contributed by atoms with E-state index in [2.05, 4.69) is 20.9 Å². The minimum absolute atomic E-state index is 0.605. The van der Waals surface area contributed by atoms with Crippen molar-refractivity contribution in [3.05, 3.63) is 64.4 Å². The lowest BCUT2D eigenvalue weighted by molar-refractivity contribution is 0.220. The van der Waals surface area contributed by atoms with Gasteiger partial charge in [-0.05, 0) is 23.8 Å². The minimum Gasteiger partial charge on any atom is -0.384 e. The summed E-state index contributed by atoms with van der Waals surface area (Å²) in [6.07, 6.45) is 2.76. The first-order chi connectivity index (χ1) is 7.27. The first kappa shape index (κ1) is 10.3. The molecule has 0 aliphatic rings. The summed E-state index contributed by atoms with van der Waals surface area (Å²) in [5, 5.41) is 10.0. The fourth-order valence-corrected chi connectivity index (χ4v) is 1.64. The monoisotopic (exact) mass is 263 g/mol. The van der Waals surface area contributed by atoms with Gasteiger partial charge in [0.2, 0.25) is 0 Å². The summed E-state index contributed by atoms with van der Waals surface area (Å²) in [7, 11) is 0. The van der Waals surface area contributed by atoms with Crippen molar-refractivity contribution in [2.45, 2.75) is 6.10 Å². The number of hydrogen-bond donors (Lipinski definition) is 1. The third-order valence-electron chi connectivity index (χ3n) is 2.19. The average molecular weight is 264 g/mol. The Bertz CT molecular complexity index is 427. The fraction of sp³-hybridized carbons (Fsp3) is 0.0833. The topological polar surface area (TPSA) is 33.1 Å². The first-order valence-electron chi connectivity index (χ1n) is 4.61. The van der Waals surface area contributed by atoms with Gasteiger partial charge in [0.05, 0.1) is 0 Å². The molecule has 2 nitrogen and oxygen atoms in total. The van der Waals surface area contributed by atoms with Crippen molar-refractivity contribution in [3.63, 3.8) is 0 Å². The summed E-state index contributed by atoms with van der Waals surface area (Å²) in [5.41, 5.74) is 1.67. The summed E-state index contributed by atoms with van der Waals surface area (Å²) in [6, 6.07) is 11.3. The lowest BCUT2D eigenvalue weighted by Crippen LogP contribution is -1.99. The number of benzene rings is 1. The van der Waals surface area contributed by atoms with Crippen LogP contribution in [0.4, 0.5) is 0 Å². The SMILES string of the molecule is O[C@H](c1ccc(Br)cc1)c1cccnc1. The van der Waals surface area contributed by atoms with Gasteiger partial charge < -0.3 is 5.11 Å². The van der Waals surface area contributed by atoms with Crippen LogP contribution >= 0.6 is 15.9 Å². The molecular weight excluding hydrogens is 254 g/mol. The predicted octanol–water partition coefficient (Wildman–Crippen LogP) is 2.93. The normalized spacial score (nSPS) is 12.4. The van der Waals surface area contributed by atoms with Gasteiger partial charge in [-0.25, -0.2) is 0 Å². The molecule has 1 heterocycles. The van der Waals surface area contributed by atoms with Crippen molar-refractivity contribution in [1.29, 1.82) is 0 Å². The van der Waals surface area contributed by atoms with E-state index in [9.17, 15) is 5.11 Å². The van der Waals surface area contributed by atoms with Crippen LogP contribution in [0.2, 0.25) is 0 Å². The second-order valence-corrected chi connectivity index (χ2v) is 4.16. The Morgan fingerprint density at radius 1 is 1.07 bits per heavy atom. The molecule has 76 valence electrons. The molecule has 0 fully saturated rings. The molecule has 0 spiro atoms. The maximum absolute atomic E-state index is 10.0. The van der Waals surface area contributed by atoms with E-state index in [1.54, 1.807) is 12.4 Å². The molecule has 0 saturated heterocycles. The van der Waals surface area contributed by atoms with Crippen molar-refractivity contribution in [1.82, 2.24) is 4.98 Å². The van der Waals surface area contributed by atoms with Crippen LogP contribution in [0.3, 0.4) is 0 Å². The number of aromatic nitrogens is 1. The van der Waals surface area contributed by atoms with E-state index in [4.69, 9.17) is 0 Å². The third kappa shape index (κ3) is 2.43. The summed E-state index contributed by atoms with van der Waals surface area (Å²) < 4.78 is 1.00. The highest BCUT2D eigenvalue weighted by Gasteiger charge is 2.09. The third-order valence-corrected chi connectivity index (χ3v) is 2.71. The van der Waals surface area contributed by atoms with E-state index in [0.29, 0.717) is 0 Å². The zero-order valence-corrected chi connectivity index (χ0v) is 9.55. The maximum Gasteiger partial charge on any atom is 0.106 e. The van der Waals surface area contributed by atoms with Gasteiger partial charge in [-0.2, -0.15) is 0 Å². The van der Waals surface area contributed by atoms with Crippen LogP contribution in [-0.4, -0.2) is 10.1 Å². The van der Waals surface area contributed by atoms with Crippen LogP contribution in [0.1, 0.15) is 17.2 Å². The summed E-state index contributed by atoms with van der Waals surface area (Å²) >= 11 is 3.36. The Balaban J connectivity index is 2.29. The van der Waals surface area contributed by atoms with Gasteiger partial charge in [0.15, 0.2) is 0 Å². The number of hydrogen-bond acceptors (Lipinski definition) is 2. The second kappa shape index (κ2) is 4.55. The van der Waals surface area contributed by atoms with E-state index >= 15 is 0 Å². The average Bonchev–Trinajstić information content (AvgIpc) is 2.30. The van der Waals surface area contributed by atoms with E-state index < -0.39 is 6.10 Å². The number of aliphatic hydroxyl groups is 1. The number of nitrogens with zero attached hydrogens (tertiary/aromatic N) is 1. The molecule has 0 aliphatic heterocycles. The Hall–Kier alpha value is -1.19. The van der Waals surface area contributed by atoms with Crippen molar-refractivity contribution in [2.75, 3.05) is 0 Å². The lowest BCUT2D eigenvalue weighted by atomic mass is 10.0. The van der Waals surface area contributed by atoms with E-state index in [-0.39, 0.29) is 0 Å². The molecule has 0 amide bonds. The number of halogens is 1. The Morgan fingerprint density at radius 3 is 2.40 bits per heavy atom. The van der Waals surface area contributed by atoms with Crippen molar-refractivity contribution in [3.8, 4) is 0 Å². The molecule has 0 unspecified atom stereocenters. The largest absolute Gasteiger partial charge is 0.384 e. The molecule has 1 N–H and O–H groups in total. The van der Waals surface area contributed by atoms with Gasteiger partial charge in [0.1, 0.15) is 6.10 Å². The Labute approximate surface area is 96.7 Å². The van der Waals surface area contributed by atoms with E-state index in [0.717, 1.165) is 15.6 Å². The van der Waals surface area contributed by atoms with Crippen LogP contribution in [0, 0.1) is 0 Å². The van der Waals surface area contributed by atoms with Crippen LogP contribution in [0.5, 0.6) is 0 Å². The molecule has 1 aromatic carbocycles. The minimum atomic E-state index is -0.605. The van der Waals surface area contributed by atoms with E-state index in [1.807, 2.05) is 36.4 Å². The molecule has 2 aromatic rings. The molecule has 0 bridgehead atoms. The predicted molar refractivity (Wildman–Crippen MR) is 62.4 cm³/mol. The van der Waals surface area contributed by atoms with Gasteiger partial charge in [-0.3, -0.25) is 4.98 Å². The van der Waals surface area contributed by atoms with Gasteiger partial charge in [-0.1, -0.05) is 34.1 Å². The highest BCUT2D eigenvalue weighted by molar-refractivity contribution is 9.10. The second-order valence-electron chi connectivity index (χ2n) is 3.24. The summed E-state index contributed by atoms with van der Waals surface area (Å²) in [4.78, 5) is 3.98. The van der Waals surface area contributed by atoms with E-state index in [1.165, 1.54) is 0 Å². The van der Waals surface area contributed by atoms with Gasteiger partial charge in [0, 0.05) is 22.4 Å². The molecule has 1 aromatic heterocycles. The molecule has 2 rings (SSSR count). The first-order valence-corrected chi connectivity index (χ1v) is 5.40. The maximum atomic E-state index is 10.0. The van der Waals surface area contributed by atoms with Crippen molar-refractivity contribution >= 4 is 15.9 Å². The van der Waals surface area contributed by atoms with Crippen LogP contribution in [-0.2, 0) is 0 Å². The molecular formula is C12H10BrNO. The molecule has 0 radical (unpaired) electrons. The highest BCUT2D eigenvalue weighted by Crippen LogP contribution is 2.22. The van der Waals surface area contributed by atoms with Crippen LogP contribution in [0.15, 0.2) is 53.3 Å². The molecule has 1 atom stereocenters. The number of rotatable bonds is 2. The highest BCUT2D eigenvalue weighted by atomic mass is 79.9. The van der Waals surface area contributed by atoms with Crippen LogP contribution in [0.25, 0.3) is 0 Å². The van der Waals surface area contributed by atoms with Crippen molar-refractivity contribution in [2.24, 2.45) is 0 Å². The quantitative estimate of drug-likeness (QED) is 0.904. The zero-order chi connectivity index (χ0) is 10.7. The molecule has 15 heavy (non-hydrogen) atoms. The lowest BCUT2D eigenvalue weighted by Gasteiger charge is -2.10. The summed E-state index contributed by atoms with van der Waals surface area (Å²) in [6.45, 7) is 0.